The van der Waals surface area contributed by atoms with Crippen LogP contribution >= 0.6 is 0 Å². The number of carbonyl (C=O) groups is 2. The Morgan fingerprint density at radius 3 is 2.64 bits per heavy atom. The van der Waals surface area contributed by atoms with Gasteiger partial charge in [0.05, 0.1) is 6.04 Å². The van der Waals surface area contributed by atoms with E-state index in [-0.39, 0.29) is 24.6 Å². The Balaban J connectivity index is 2.77. The van der Waals surface area contributed by atoms with E-state index in [0.717, 1.165) is 0 Å². The summed E-state index contributed by atoms with van der Waals surface area (Å²) in [7, 11) is 0. The first-order valence-corrected chi connectivity index (χ1v) is 4.47. The molecule has 1 aliphatic heterocycles. The maximum absolute atomic E-state index is 11.2. The monoisotopic (exact) mass is 201 g/mol. The molecule has 0 aromatic carbocycles. The minimum atomic E-state index is -1.02. The maximum Gasteiger partial charge on any atom is 0.410 e. The summed E-state index contributed by atoms with van der Waals surface area (Å²) in [6.45, 7) is 5.84. The minimum Gasteiger partial charge on any atom is -0.480 e. The Bertz CT molecular complexity index is 256. The van der Waals surface area contributed by atoms with Crippen molar-refractivity contribution in [1.29, 1.82) is 0 Å². The second-order valence-corrected chi connectivity index (χ2v) is 4.48. The van der Waals surface area contributed by atoms with E-state index in [2.05, 4.69) is 0 Å². The molecule has 1 fully saturated rings. The van der Waals surface area contributed by atoms with E-state index in [1.54, 1.807) is 0 Å². The molecule has 5 nitrogen and oxygen atoms in total. The Kier molecular flexibility index (Phi) is 2.69. The van der Waals surface area contributed by atoms with Crippen molar-refractivity contribution < 1.29 is 19.4 Å². The summed E-state index contributed by atoms with van der Waals surface area (Å²) < 4.78 is 4.83. The van der Waals surface area contributed by atoms with Crippen molar-refractivity contribution in [2.24, 2.45) is 5.41 Å². The van der Waals surface area contributed by atoms with Gasteiger partial charge in [-0.05, 0) is 5.41 Å². The molecule has 0 spiro atoms. The third-order valence-corrected chi connectivity index (χ3v) is 2.28. The molecule has 0 aliphatic carbocycles. The van der Waals surface area contributed by atoms with Gasteiger partial charge in [0.1, 0.15) is 13.2 Å². The highest BCUT2D eigenvalue weighted by Gasteiger charge is 2.41. The molecule has 0 aromatic rings. The summed E-state index contributed by atoms with van der Waals surface area (Å²) in [6.07, 6.45) is -0.535. The van der Waals surface area contributed by atoms with Crippen LogP contribution in [-0.4, -0.2) is 41.3 Å². The van der Waals surface area contributed by atoms with Crippen molar-refractivity contribution in [2.75, 3.05) is 13.2 Å². The zero-order chi connectivity index (χ0) is 10.9. The van der Waals surface area contributed by atoms with Gasteiger partial charge in [-0.15, -0.1) is 0 Å². The number of cyclic esters (lactones) is 1. The molecule has 5 heteroatoms. The number of carboxylic acid groups (broad SMARTS) is 1. The third-order valence-electron chi connectivity index (χ3n) is 2.28. The predicted octanol–water partition coefficient (Wildman–Crippen LogP) is 0.938. The lowest BCUT2D eigenvalue weighted by Crippen LogP contribution is -2.44. The van der Waals surface area contributed by atoms with Gasteiger partial charge >= 0.3 is 12.1 Å². The van der Waals surface area contributed by atoms with Gasteiger partial charge < -0.3 is 9.84 Å². The molecule has 1 rings (SSSR count). The fourth-order valence-corrected chi connectivity index (χ4v) is 1.49. The standard InChI is InChI=1S/C9H15NO4/c1-9(2,3)6-5-14-8(13)10(6)4-7(11)12/h6H,4-5H2,1-3H3,(H,11,12)/t6-/m1/s1. The molecule has 1 N–H and O–H groups in total. The van der Waals surface area contributed by atoms with Gasteiger partial charge in [-0.1, -0.05) is 20.8 Å². The van der Waals surface area contributed by atoms with Crippen LogP contribution in [0, 0.1) is 5.41 Å². The molecule has 1 atom stereocenters. The number of carboxylic acids is 1. The molecular weight excluding hydrogens is 186 g/mol. The van der Waals surface area contributed by atoms with Gasteiger partial charge in [-0.2, -0.15) is 0 Å². The molecule has 1 heterocycles. The number of hydrogen-bond acceptors (Lipinski definition) is 3. The van der Waals surface area contributed by atoms with Crippen molar-refractivity contribution in [1.82, 2.24) is 4.90 Å². The van der Waals surface area contributed by atoms with Crippen LogP contribution < -0.4 is 0 Å². The van der Waals surface area contributed by atoms with Crippen molar-refractivity contribution >= 4 is 12.1 Å². The Morgan fingerprint density at radius 1 is 1.64 bits per heavy atom. The zero-order valence-corrected chi connectivity index (χ0v) is 8.61. The Morgan fingerprint density at radius 2 is 2.21 bits per heavy atom. The van der Waals surface area contributed by atoms with Crippen molar-refractivity contribution in [3.8, 4) is 0 Å². The van der Waals surface area contributed by atoms with Gasteiger partial charge in [-0.3, -0.25) is 9.69 Å². The van der Waals surface area contributed by atoms with Crippen molar-refractivity contribution in [3.05, 3.63) is 0 Å². The van der Waals surface area contributed by atoms with Crippen molar-refractivity contribution in [3.63, 3.8) is 0 Å². The van der Waals surface area contributed by atoms with E-state index >= 15 is 0 Å². The number of nitrogens with zero attached hydrogens (tertiary/aromatic N) is 1. The molecule has 0 saturated carbocycles. The third kappa shape index (κ3) is 2.16. The number of rotatable bonds is 2. The van der Waals surface area contributed by atoms with E-state index in [1.807, 2.05) is 20.8 Å². The van der Waals surface area contributed by atoms with Crippen LogP contribution in [0.4, 0.5) is 4.79 Å². The number of amides is 1. The fraction of sp³-hybridized carbons (Fsp3) is 0.778. The van der Waals surface area contributed by atoms with E-state index < -0.39 is 12.1 Å². The first-order chi connectivity index (χ1) is 6.32. The van der Waals surface area contributed by atoms with Crippen LogP contribution in [0.25, 0.3) is 0 Å². The molecule has 0 radical (unpaired) electrons. The van der Waals surface area contributed by atoms with Crippen LogP contribution in [0.2, 0.25) is 0 Å². The molecule has 80 valence electrons. The van der Waals surface area contributed by atoms with Gasteiger partial charge in [0.25, 0.3) is 0 Å². The van der Waals surface area contributed by atoms with Gasteiger partial charge in [-0.25, -0.2) is 4.79 Å². The SMILES string of the molecule is CC(C)(C)[C@H]1COC(=O)N1CC(=O)O. The topological polar surface area (TPSA) is 66.8 Å². The number of carbonyl (C=O) groups excluding carboxylic acids is 1. The molecule has 1 amide bonds. The van der Waals surface area contributed by atoms with E-state index in [4.69, 9.17) is 9.84 Å². The summed E-state index contributed by atoms with van der Waals surface area (Å²) in [5, 5.41) is 8.63. The first kappa shape index (κ1) is 10.8. The van der Waals surface area contributed by atoms with E-state index in [0.29, 0.717) is 0 Å². The maximum atomic E-state index is 11.2. The lowest BCUT2D eigenvalue weighted by molar-refractivity contribution is -0.138. The predicted molar refractivity (Wildman–Crippen MR) is 48.9 cm³/mol. The van der Waals surface area contributed by atoms with Gasteiger partial charge in [0.15, 0.2) is 0 Å². The first-order valence-electron chi connectivity index (χ1n) is 4.47. The second kappa shape index (κ2) is 3.48. The smallest absolute Gasteiger partial charge is 0.410 e. The van der Waals surface area contributed by atoms with Crippen LogP contribution in [0.1, 0.15) is 20.8 Å². The van der Waals surface area contributed by atoms with Crippen molar-refractivity contribution in [2.45, 2.75) is 26.8 Å². The molecule has 1 aliphatic rings. The molecular formula is C9H15NO4. The summed E-state index contributed by atoms with van der Waals surface area (Å²) >= 11 is 0. The van der Waals surface area contributed by atoms with E-state index in [1.165, 1.54) is 4.90 Å². The average molecular weight is 201 g/mol. The lowest BCUT2D eigenvalue weighted by atomic mass is 9.87. The zero-order valence-electron chi connectivity index (χ0n) is 8.61. The summed E-state index contributed by atoms with van der Waals surface area (Å²) in [4.78, 5) is 23.0. The summed E-state index contributed by atoms with van der Waals surface area (Å²) in [5.74, 6) is -1.02. The number of aliphatic carboxylic acids is 1. The highest BCUT2D eigenvalue weighted by molar-refractivity contribution is 5.78. The average Bonchev–Trinajstić information content (AvgIpc) is 2.30. The second-order valence-electron chi connectivity index (χ2n) is 4.48. The lowest BCUT2D eigenvalue weighted by Gasteiger charge is -2.31. The van der Waals surface area contributed by atoms with Gasteiger partial charge in [0, 0.05) is 0 Å². The van der Waals surface area contributed by atoms with Crippen LogP contribution in [-0.2, 0) is 9.53 Å². The van der Waals surface area contributed by atoms with Crippen LogP contribution in [0.5, 0.6) is 0 Å². The summed E-state index contributed by atoms with van der Waals surface area (Å²) in [6, 6.07) is -0.161. The molecule has 14 heavy (non-hydrogen) atoms. The van der Waals surface area contributed by atoms with E-state index in [9.17, 15) is 9.59 Å². The fourth-order valence-electron chi connectivity index (χ4n) is 1.49. The molecule has 0 aromatic heterocycles. The Hall–Kier alpha value is -1.26. The van der Waals surface area contributed by atoms with Gasteiger partial charge in [0.2, 0.25) is 0 Å². The highest BCUT2D eigenvalue weighted by atomic mass is 16.6. The van der Waals surface area contributed by atoms with Crippen LogP contribution in [0.3, 0.4) is 0 Å². The van der Waals surface area contributed by atoms with Crippen LogP contribution in [0.15, 0.2) is 0 Å². The molecule has 0 unspecified atom stereocenters. The summed E-state index contributed by atoms with van der Waals surface area (Å²) in [5.41, 5.74) is -0.165. The largest absolute Gasteiger partial charge is 0.480 e. The number of hydrogen-bond donors (Lipinski definition) is 1. The quantitative estimate of drug-likeness (QED) is 0.722. The molecule has 1 saturated heterocycles. The molecule has 0 bridgehead atoms. The highest BCUT2D eigenvalue weighted by Crippen LogP contribution is 2.28. The Labute approximate surface area is 82.6 Å². The minimum absolute atomic E-state index is 0.161. The number of ether oxygens (including phenoxy) is 1. The normalized spacial score (nSPS) is 22.4.